The third-order valence-electron chi connectivity index (χ3n) is 4.41. The highest BCUT2D eigenvalue weighted by atomic mass is 32.1. The lowest BCUT2D eigenvalue weighted by Crippen LogP contribution is -2.44. The number of nitrogens with zero attached hydrogens (tertiary/aromatic N) is 3. The Balaban J connectivity index is 1.82. The van der Waals surface area contributed by atoms with Crippen LogP contribution < -0.4 is 5.32 Å². The highest BCUT2D eigenvalue weighted by molar-refractivity contribution is 7.15. The van der Waals surface area contributed by atoms with Gasteiger partial charge in [0.2, 0.25) is 0 Å². The SMILES string of the molecule is Cc1nc(Nc2cccc(C3CCCN3C(=O)C(C)(C)O)n2)sc1C. The fourth-order valence-electron chi connectivity index (χ4n) is 3.01. The lowest BCUT2D eigenvalue weighted by molar-refractivity contribution is -0.148. The topological polar surface area (TPSA) is 78.4 Å². The van der Waals surface area contributed by atoms with Crippen LogP contribution in [-0.4, -0.2) is 38.0 Å². The molecule has 1 fully saturated rings. The van der Waals surface area contributed by atoms with E-state index in [-0.39, 0.29) is 11.9 Å². The van der Waals surface area contributed by atoms with Gasteiger partial charge < -0.3 is 15.3 Å². The maximum atomic E-state index is 12.5. The number of anilines is 2. The van der Waals surface area contributed by atoms with Crippen LogP contribution in [0.2, 0.25) is 0 Å². The number of aliphatic hydroxyl groups is 1. The van der Waals surface area contributed by atoms with Crippen LogP contribution in [0.3, 0.4) is 0 Å². The molecule has 3 heterocycles. The van der Waals surface area contributed by atoms with Crippen molar-refractivity contribution in [1.29, 1.82) is 0 Å². The second-order valence-electron chi connectivity index (χ2n) is 6.95. The van der Waals surface area contributed by atoms with E-state index in [0.717, 1.165) is 29.4 Å². The molecule has 134 valence electrons. The summed E-state index contributed by atoms with van der Waals surface area (Å²) in [5.41, 5.74) is 0.487. The highest BCUT2D eigenvalue weighted by Gasteiger charge is 2.37. The lowest BCUT2D eigenvalue weighted by atomic mass is 10.1. The number of nitrogens with one attached hydrogen (secondary N) is 1. The van der Waals surface area contributed by atoms with Gasteiger partial charge in [-0.3, -0.25) is 4.79 Å². The van der Waals surface area contributed by atoms with Crippen molar-refractivity contribution in [3.05, 3.63) is 34.5 Å². The predicted molar refractivity (Wildman–Crippen MR) is 99.1 cm³/mol. The quantitative estimate of drug-likeness (QED) is 0.874. The van der Waals surface area contributed by atoms with E-state index in [4.69, 9.17) is 0 Å². The molecule has 1 saturated heterocycles. The molecule has 0 spiro atoms. The molecular weight excluding hydrogens is 336 g/mol. The summed E-state index contributed by atoms with van der Waals surface area (Å²) < 4.78 is 0. The summed E-state index contributed by atoms with van der Waals surface area (Å²) in [6.45, 7) is 7.74. The van der Waals surface area contributed by atoms with Crippen LogP contribution in [0.5, 0.6) is 0 Å². The Bertz CT molecular complexity index is 762. The minimum absolute atomic E-state index is 0.0968. The zero-order valence-corrected chi connectivity index (χ0v) is 15.9. The first-order valence-corrected chi connectivity index (χ1v) is 9.29. The average molecular weight is 360 g/mol. The molecule has 0 saturated carbocycles. The summed E-state index contributed by atoms with van der Waals surface area (Å²) in [6, 6.07) is 5.67. The monoisotopic (exact) mass is 360 g/mol. The first-order valence-electron chi connectivity index (χ1n) is 8.47. The second kappa shape index (κ2) is 6.72. The number of aromatic nitrogens is 2. The molecular formula is C18H24N4O2S. The van der Waals surface area contributed by atoms with Crippen molar-refractivity contribution in [2.24, 2.45) is 0 Å². The van der Waals surface area contributed by atoms with Crippen molar-refractivity contribution in [3.63, 3.8) is 0 Å². The first kappa shape index (κ1) is 17.8. The van der Waals surface area contributed by atoms with Crippen LogP contribution in [0.25, 0.3) is 0 Å². The lowest BCUT2D eigenvalue weighted by Gasteiger charge is -2.29. The molecule has 1 aliphatic rings. The third-order valence-corrected chi connectivity index (χ3v) is 5.40. The number of carbonyl (C=O) groups is 1. The van der Waals surface area contributed by atoms with Crippen LogP contribution >= 0.6 is 11.3 Å². The van der Waals surface area contributed by atoms with E-state index in [2.05, 4.69) is 15.3 Å². The molecule has 1 aliphatic heterocycles. The number of aryl methyl sites for hydroxylation is 2. The number of thiazole rings is 1. The maximum absolute atomic E-state index is 12.5. The van der Waals surface area contributed by atoms with E-state index in [1.807, 2.05) is 32.0 Å². The zero-order valence-electron chi connectivity index (χ0n) is 15.0. The van der Waals surface area contributed by atoms with Crippen LogP contribution in [-0.2, 0) is 4.79 Å². The average Bonchev–Trinajstić information content (AvgIpc) is 3.13. The van der Waals surface area contributed by atoms with Gasteiger partial charge in [0.05, 0.1) is 17.4 Å². The number of carbonyl (C=O) groups excluding carboxylic acids is 1. The minimum Gasteiger partial charge on any atom is -0.381 e. The number of amides is 1. The summed E-state index contributed by atoms with van der Waals surface area (Å²) in [5, 5.41) is 14.1. The van der Waals surface area contributed by atoms with E-state index in [1.54, 1.807) is 16.2 Å². The fourth-order valence-corrected chi connectivity index (χ4v) is 3.83. The maximum Gasteiger partial charge on any atom is 0.254 e. The molecule has 6 nitrogen and oxygen atoms in total. The van der Waals surface area contributed by atoms with Gasteiger partial charge in [0.25, 0.3) is 5.91 Å². The van der Waals surface area contributed by atoms with Gasteiger partial charge in [-0.05, 0) is 52.7 Å². The highest BCUT2D eigenvalue weighted by Crippen LogP contribution is 2.33. The smallest absolute Gasteiger partial charge is 0.254 e. The zero-order chi connectivity index (χ0) is 18.2. The summed E-state index contributed by atoms with van der Waals surface area (Å²) in [4.78, 5) is 24.6. The Morgan fingerprint density at radius 2 is 2.12 bits per heavy atom. The standard InChI is InChI=1S/C18H24N4O2S/c1-11-12(2)25-17(19-11)21-15-9-5-7-13(20-15)14-8-6-10-22(14)16(23)18(3,4)24/h5,7,9,14,24H,6,8,10H2,1-4H3,(H,19,20,21). The van der Waals surface area contributed by atoms with Crippen molar-refractivity contribution >= 4 is 28.2 Å². The van der Waals surface area contributed by atoms with Crippen LogP contribution in [0.1, 0.15) is 49.0 Å². The summed E-state index contributed by atoms with van der Waals surface area (Å²) in [7, 11) is 0. The number of hydrogen-bond donors (Lipinski definition) is 2. The molecule has 1 unspecified atom stereocenters. The molecule has 0 radical (unpaired) electrons. The van der Waals surface area contributed by atoms with E-state index in [0.29, 0.717) is 12.4 Å². The molecule has 0 aromatic carbocycles. The predicted octanol–water partition coefficient (Wildman–Crippen LogP) is 3.33. The molecule has 2 aromatic rings. The Hall–Kier alpha value is -1.99. The van der Waals surface area contributed by atoms with Gasteiger partial charge in [0, 0.05) is 11.4 Å². The summed E-state index contributed by atoms with van der Waals surface area (Å²) >= 11 is 1.60. The van der Waals surface area contributed by atoms with Crippen LogP contribution in [0.15, 0.2) is 18.2 Å². The van der Waals surface area contributed by atoms with Gasteiger partial charge in [-0.1, -0.05) is 6.07 Å². The molecule has 7 heteroatoms. The van der Waals surface area contributed by atoms with Gasteiger partial charge in [0.1, 0.15) is 11.4 Å². The normalized spacial score (nSPS) is 17.8. The third kappa shape index (κ3) is 3.82. The van der Waals surface area contributed by atoms with Gasteiger partial charge in [0.15, 0.2) is 5.13 Å². The largest absolute Gasteiger partial charge is 0.381 e. The van der Waals surface area contributed by atoms with Crippen molar-refractivity contribution in [1.82, 2.24) is 14.9 Å². The fraction of sp³-hybridized carbons (Fsp3) is 0.500. The summed E-state index contributed by atoms with van der Waals surface area (Å²) in [5.74, 6) is 0.468. The van der Waals surface area contributed by atoms with Gasteiger partial charge in [-0.25, -0.2) is 9.97 Å². The number of hydrogen-bond acceptors (Lipinski definition) is 6. The van der Waals surface area contributed by atoms with Crippen molar-refractivity contribution in [3.8, 4) is 0 Å². The molecule has 0 aliphatic carbocycles. The molecule has 0 bridgehead atoms. The number of likely N-dealkylation sites (tertiary alicyclic amines) is 1. The van der Waals surface area contributed by atoms with Crippen molar-refractivity contribution < 1.29 is 9.90 Å². The second-order valence-corrected chi connectivity index (χ2v) is 8.15. The molecule has 1 atom stereocenters. The van der Waals surface area contributed by atoms with Crippen molar-refractivity contribution in [2.75, 3.05) is 11.9 Å². The van der Waals surface area contributed by atoms with Crippen LogP contribution in [0, 0.1) is 13.8 Å². The molecule has 2 aromatic heterocycles. The Morgan fingerprint density at radius 3 is 2.76 bits per heavy atom. The minimum atomic E-state index is -1.37. The van der Waals surface area contributed by atoms with E-state index in [9.17, 15) is 9.90 Å². The van der Waals surface area contributed by atoms with E-state index >= 15 is 0 Å². The Morgan fingerprint density at radius 1 is 1.36 bits per heavy atom. The number of pyridine rings is 1. The number of rotatable bonds is 4. The Labute approximate surface area is 151 Å². The van der Waals surface area contributed by atoms with E-state index < -0.39 is 5.60 Å². The first-order chi connectivity index (χ1) is 11.8. The Kier molecular flexibility index (Phi) is 4.79. The van der Waals surface area contributed by atoms with Gasteiger partial charge >= 0.3 is 0 Å². The van der Waals surface area contributed by atoms with Crippen molar-refractivity contribution in [2.45, 2.75) is 52.2 Å². The molecule has 3 rings (SSSR count). The van der Waals surface area contributed by atoms with E-state index in [1.165, 1.54) is 18.7 Å². The molecule has 2 N–H and O–H groups in total. The van der Waals surface area contributed by atoms with Gasteiger partial charge in [-0.2, -0.15) is 0 Å². The molecule has 25 heavy (non-hydrogen) atoms. The summed E-state index contributed by atoms with van der Waals surface area (Å²) in [6.07, 6.45) is 1.77. The van der Waals surface area contributed by atoms with Gasteiger partial charge in [-0.15, -0.1) is 11.3 Å². The molecule has 1 amide bonds. The van der Waals surface area contributed by atoms with Crippen LogP contribution in [0.4, 0.5) is 10.9 Å².